The number of nitrogens with one attached hydrogen (secondary N) is 2. The third kappa shape index (κ3) is 2.30. The van der Waals surface area contributed by atoms with Crippen LogP contribution in [0.15, 0.2) is 23.9 Å². The molecule has 0 saturated carbocycles. The summed E-state index contributed by atoms with van der Waals surface area (Å²) in [5.41, 5.74) is 0.108. The van der Waals surface area contributed by atoms with Crippen molar-refractivity contribution in [3.05, 3.63) is 44.6 Å². The van der Waals surface area contributed by atoms with Crippen molar-refractivity contribution in [2.24, 2.45) is 0 Å². The summed E-state index contributed by atoms with van der Waals surface area (Å²) >= 11 is 5.85. The lowest BCUT2D eigenvalue weighted by molar-refractivity contribution is -0.384. The predicted octanol–water partition coefficient (Wildman–Crippen LogP) is 1.43. The maximum atomic E-state index is 11.3. The minimum absolute atomic E-state index is 0.0117. The van der Waals surface area contributed by atoms with Gasteiger partial charge in [0.2, 0.25) is 0 Å². The normalized spacial score (nSPS) is 16.6. The SMILES string of the molecule is O=C1NC(=O)/C(=C\c2cc([N+](=O)[O-])ccc2Cl)N1. The van der Waals surface area contributed by atoms with Crippen molar-refractivity contribution in [2.75, 3.05) is 0 Å². The number of nitro groups is 1. The lowest BCUT2D eigenvalue weighted by Gasteiger charge is -1.99. The monoisotopic (exact) mass is 267 g/mol. The number of halogens is 1. The number of nitrogens with zero attached hydrogens (tertiary/aromatic N) is 1. The van der Waals surface area contributed by atoms with Crippen LogP contribution in [0, 0.1) is 10.1 Å². The molecule has 1 aliphatic rings. The lowest BCUT2D eigenvalue weighted by atomic mass is 10.1. The van der Waals surface area contributed by atoms with Gasteiger partial charge in [-0.15, -0.1) is 0 Å². The van der Waals surface area contributed by atoms with Crippen LogP contribution in [-0.2, 0) is 4.79 Å². The largest absolute Gasteiger partial charge is 0.326 e. The molecular weight excluding hydrogens is 262 g/mol. The second-order valence-electron chi connectivity index (χ2n) is 3.43. The zero-order valence-corrected chi connectivity index (χ0v) is 9.52. The van der Waals surface area contributed by atoms with Gasteiger partial charge in [-0.1, -0.05) is 11.6 Å². The average molecular weight is 268 g/mol. The van der Waals surface area contributed by atoms with Gasteiger partial charge in [-0.2, -0.15) is 0 Å². The lowest BCUT2D eigenvalue weighted by Crippen LogP contribution is -2.22. The van der Waals surface area contributed by atoms with E-state index in [-0.39, 0.29) is 22.0 Å². The highest BCUT2D eigenvalue weighted by Gasteiger charge is 2.23. The third-order valence-electron chi connectivity index (χ3n) is 2.21. The van der Waals surface area contributed by atoms with E-state index in [4.69, 9.17) is 11.6 Å². The Kier molecular flexibility index (Phi) is 2.99. The first-order valence-corrected chi connectivity index (χ1v) is 5.13. The van der Waals surface area contributed by atoms with Gasteiger partial charge in [0.15, 0.2) is 0 Å². The summed E-state index contributed by atoms with van der Waals surface area (Å²) in [6.45, 7) is 0. The van der Waals surface area contributed by atoms with E-state index >= 15 is 0 Å². The number of carbonyl (C=O) groups excluding carboxylic acids is 2. The quantitative estimate of drug-likeness (QED) is 0.366. The van der Waals surface area contributed by atoms with Gasteiger partial charge in [-0.25, -0.2) is 4.79 Å². The maximum Gasteiger partial charge on any atom is 0.326 e. The van der Waals surface area contributed by atoms with Crippen LogP contribution < -0.4 is 10.6 Å². The second kappa shape index (κ2) is 4.46. The van der Waals surface area contributed by atoms with Crippen LogP contribution in [0.5, 0.6) is 0 Å². The Morgan fingerprint density at radius 2 is 2.00 bits per heavy atom. The Morgan fingerprint density at radius 1 is 1.28 bits per heavy atom. The highest BCUT2D eigenvalue weighted by molar-refractivity contribution is 6.32. The Hall–Kier alpha value is -2.41. The molecule has 0 spiro atoms. The predicted molar refractivity (Wildman–Crippen MR) is 62.8 cm³/mol. The fourth-order valence-corrected chi connectivity index (χ4v) is 1.57. The summed E-state index contributed by atoms with van der Waals surface area (Å²) in [6.07, 6.45) is 1.27. The Labute approximate surface area is 106 Å². The van der Waals surface area contributed by atoms with Gasteiger partial charge >= 0.3 is 6.03 Å². The van der Waals surface area contributed by atoms with Crippen LogP contribution in [0.1, 0.15) is 5.56 Å². The number of benzene rings is 1. The van der Waals surface area contributed by atoms with Crippen LogP contribution in [0.4, 0.5) is 10.5 Å². The number of hydrogen-bond acceptors (Lipinski definition) is 4. The summed E-state index contributed by atoms with van der Waals surface area (Å²) in [5, 5.41) is 15.1. The molecule has 92 valence electrons. The van der Waals surface area contributed by atoms with E-state index in [9.17, 15) is 19.7 Å². The molecule has 2 rings (SSSR count). The van der Waals surface area contributed by atoms with Crippen LogP contribution in [-0.4, -0.2) is 16.9 Å². The van der Waals surface area contributed by atoms with Gasteiger partial charge in [0, 0.05) is 22.7 Å². The smallest absolute Gasteiger partial charge is 0.303 e. The maximum absolute atomic E-state index is 11.3. The molecule has 3 amide bonds. The molecule has 2 N–H and O–H groups in total. The average Bonchev–Trinajstić information content (AvgIpc) is 2.60. The molecule has 0 bridgehead atoms. The van der Waals surface area contributed by atoms with Crippen molar-refractivity contribution in [3.63, 3.8) is 0 Å². The fraction of sp³-hybridized carbons (Fsp3) is 0. The molecule has 0 radical (unpaired) electrons. The van der Waals surface area contributed by atoms with Crippen molar-refractivity contribution in [1.29, 1.82) is 0 Å². The molecule has 0 aromatic heterocycles. The Bertz CT molecular complexity index is 597. The number of hydrogen-bond donors (Lipinski definition) is 2. The molecule has 0 atom stereocenters. The fourth-order valence-electron chi connectivity index (χ4n) is 1.39. The van der Waals surface area contributed by atoms with Crippen molar-refractivity contribution in [3.8, 4) is 0 Å². The summed E-state index contributed by atoms with van der Waals surface area (Å²) in [6, 6.07) is 3.17. The zero-order chi connectivity index (χ0) is 13.3. The first-order chi connectivity index (χ1) is 8.47. The summed E-state index contributed by atoms with van der Waals surface area (Å²) in [4.78, 5) is 32.2. The minimum atomic E-state index is -0.646. The molecule has 1 aromatic carbocycles. The molecule has 8 heteroatoms. The van der Waals surface area contributed by atoms with Crippen LogP contribution in [0.3, 0.4) is 0 Å². The van der Waals surface area contributed by atoms with Gasteiger partial charge in [0.05, 0.1) is 4.92 Å². The Morgan fingerprint density at radius 3 is 2.56 bits per heavy atom. The first-order valence-electron chi connectivity index (χ1n) is 4.75. The number of rotatable bonds is 2. The summed E-state index contributed by atoms with van der Waals surface area (Å²) in [7, 11) is 0. The van der Waals surface area contributed by atoms with E-state index in [0.717, 1.165) is 0 Å². The molecule has 1 fully saturated rings. The molecule has 18 heavy (non-hydrogen) atoms. The molecule has 0 aliphatic carbocycles. The van der Waals surface area contributed by atoms with Gasteiger partial charge in [-0.3, -0.25) is 20.2 Å². The highest BCUT2D eigenvalue weighted by atomic mass is 35.5. The van der Waals surface area contributed by atoms with Gasteiger partial charge in [0.25, 0.3) is 11.6 Å². The first kappa shape index (κ1) is 12.1. The number of urea groups is 1. The molecular formula is C10H6ClN3O4. The molecule has 1 aliphatic heterocycles. The molecule has 7 nitrogen and oxygen atoms in total. The molecule has 1 saturated heterocycles. The number of carbonyl (C=O) groups is 2. The molecule has 1 aromatic rings. The second-order valence-corrected chi connectivity index (χ2v) is 3.84. The van der Waals surface area contributed by atoms with Crippen molar-refractivity contribution in [1.82, 2.24) is 10.6 Å². The summed E-state index contributed by atoms with van der Waals surface area (Å²) < 4.78 is 0. The van der Waals surface area contributed by atoms with Crippen LogP contribution >= 0.6 is 11.6 Å². The van der Waals surface area contributed by atoms with Crippen LogP contribution in [0.25, 0.3) is 6.08 Å². The van der Waals surface area contributed by atoms with E-state index in [2.05, 4.69) is 5.32 Å². The summed E-state index contributed by atoms with van der Waals surface area (Å²) in [5.74, 6) is -0.609. The van der Waals surface area contributed by atoms with Gasteiger partial charge in [-0.05, 0) is 12.1 Å². The topological polar surface area (TPSA) is 101 Å². The van der Waals surface area contributed by atoms with Crippen LogP contribution in [0.2, 0.25) is 5.02 Å². The van der Waals surface area contributed by atoms with E-state index in [1.165, 1.54) is 24.3 Å². The molecule has 1 heterocycles. The van der Waals surface area contributed by atoms with E-state index in [1.807, 2.05) is 5.32 Å². The number of amides is 3. The zero-order valence-electron chi connectivity index (χ0n) is 8.77. The standard InChI is InChI=1S/C10H6ClN3O4/c11-7-2-1-6(14(17)18)3-5(7)4-8-9(15)13-10(16)12-8/h1-4H,(H2,12,13,15,16)/b8-4+. The van der Waals surface area contributed by atoms with E-state index in [0.29, 0.717) is 0 Å². The van der Waals surface area contributed by atoms with Gasteiger partial charge in [0.1, 0.15) is 5.70 Å². The minimum Gasteiger partial charge on any atom is -0.303 e. The molecule has 0 unspecified atom stereocenters. The van der Waals surface area contributed by atoms with E-state index in [1.54, 1.807) is 0 Å². The van der Waals surface area contributed by atoms with Gasteiger partial charge < -0.3 is 5.32 Å². The number of non-ortho nitro benzene ring substituents is 1. The van der Waals surface area contributed by atoms with Crippen molar-refractivity contribution >= 4 is 35.3 Å². The van der Waals surface area contributed by atoms with Crippen molar-refractivity contribution in [2.45, 2.75) is 0 Å². The van der Waals surface area contributed by atoms with Crippen molar-refractivity contribution < 1.29 is 14.5 Å². The number of nitro benzene ring substituents is 1. The number of imide groups is 1. The third-order valence-corrected chi connectivity index (χ3v) is 2.55. The Balaban J connectivity index is 2.42. The highest BCUT2D eigenvalue weighted by Crippen LogP contribution is 2.24. The van der Waals surface area contributed by atoms with E-state index < -0.39 is 16.9 Å².